The molecule has 104 valence electrons. The van der Waals surface area contributed by atoms with Gasteiger partial charge in [-0.3, -0.25) is 4.79 Å². The van der Waals surface area contributed by atoms with E-state index >= 15 is 0 Å². The number of methoxy groups -OCH3 is 1. The number of nitrogens with zero attached hydrogens (tertiary/aromatic N) is 1. The summed E-state index contributed by atoms with van der Waals surface area (Å²) in [6.07, 6.45) is 0. The molecule has 6 nitrogen and oxygen atoms in total. The predicted molar refractivity (Wildman–Crippen MR) is 76.2 cm³/mol. The number of hydrogen-bond donors (Lipinski definition) is 3. The molecule has 6 heteroatoms. The lowest BCUT2D eigenvalue weighted by Gasteiger charge is -2.06. The van der Waals surface area contributed by atoms with E-state index in [2.05, 4.69) is 15.6 Å². The Bertz CT molecular complexity index is 429. The van der Waals surface area contributed by atoms with Gasteiger partial charge in [0.25, 0.3) is 0 Å². The van der Waals surface area contributed by atoms with Crippen molar-refractivity contribution in [2.75, 3.05) is 32.1 Å². The number of guanidine groups is 1. The van der Waals surface area contributed by atoms with E-state index in [4.69, 9.17) is 10.5 Å². The molecular formula is C13H20N4O2. The number of carbonyl (C=O) groups excluding carboxylic acids is 1. The van der Waals surface area contributed by atoms with Crippen LogP contribution in [0.1, 0.15) is 5.56 Å². The molecule has 0 saturated heterocycles. The van der Waals surface area contributed by atoms with E-state index in [1.54, 1.807) is 7.11 Å². The van der Waals surface area contributed by atoms with Gasteiger partial charge in [0.1, 0.15) is 6.54 Å². The second-order valence-corrected chi connectivity index (χ2v) is 4.04. The van der Waals surface area contributed by atoms with Crippen molar-refractivity contribution < 1.29 is 9.53 Å². The van der Waals surface area contributed by atoms with E-state index in [9.17, 15) is 4.79 Å². The van der Waals surface area contributed by atoms with E-state index in [1.807, 2.05) is 31.2 Å². The van der Waals surface area contributed by atoms with Crippen molar-refractivity contribution in [3.05, 3.63) is 29.8 Å². The Balaban J connectivity index is 2.36. The van der Waals surface area contributed by atoms with Gasteiger partial charge in [0, 0.05) is 19.3 Å². The maximum absolute atomic E-state index is 11.4. The van der Waals surface area contributed by atoms with Gasteiger partial charge in [-0.15, -0.1) is 0 Å². The minimum absolute atomic E-state index is 0.00555. The zero-order chi connectivity index (χ0) is 14.1. The zero-order valence-electron chi connectivity index (χ0n) is 11.3. The van der Waals surface area contributed by atoms with Crippen LogP contribution < -0.4 is 16.4 Å². The average Bonchev–Trinajstić information content (AvgIpc) is 2.39. The summed E-state index contributed by atoms with van der Waals surface area (Å²) in [6.45, 7) is 2.95. The maximum atomic E-state index is 11.4. The third-order valence-corrected chi connectivity index (χ3v) is 2.35. The highest BCUT2D eigenvalue weighted by Gasteiger charge is 2.00. The summed E-state index contributed by atoms with van der Waals surface area (Å²) in [5.74, 6) is 0.0245. The second-order valence-electron chi connectivity index (χ2n) is 4.04. The summed E-state index contributed by atoms with van der Waals surface area (Å²) in [5, 5.41) is 5.57. The lowest BCUT2D eigenvalue weighted by atomic mass is 10.2. The van der Waals surface area contributed by atoms with Gasteiger partial charge in [-0.2, -0.15) is 0 Å². The Hall–Kier alpha value is -2.08. The molecule has 1 aromatic carbocycles. The molecule has 0 aliphatic heterocycles. The lowest BCUT2D eigenvalue weighted by Crippen LogP contribution is -2.31. The van der Waals surface area contributed by atoms with E-state index < -0.39 is 0 Å². The number of nitrogens with two attached hydrogens (primary N) is 1. The van der Waals surface area contributed by atoms with Crippen LogP contribution >= 0.6 is 0 Å². The number of ether oxygens (including phenoxy) is 1. The van der Waals surface area contributed by atoms with Crippen molar-refractivity contribution in [1.82, 2.24) is 5.32 Å². The Morgan fingerprint density at radius 1 is 1.37 bits per heavy atom. The molecule has 0 aliphatic carbocycles. The van der Waals surface area contributed by atoms with Gasteiger partial charge in [0.15, 0.2) is 5.96 Å². The molecule has 0 aliphatic rings. The smallest absolute Gasteiger partial charge is 0.241 e. The molecule has 0 heterocycles. The van der Waals surface area contributed by atoms with Crippen molar-refractivity contribution >= 4 is 17.6 Å². The summed E-state index contributed by atoms with van der Waals surface area (Å²) >= 11 is 0. The monoisotopic (exact) mass is 264 g/mol. The second kappa shape index (κ2) is 8.10. The fraction of sp³-hybridized carbons (Fsp3) is 0.385. The summed E-state index contributed by atoms with van der Waals surface area (Å²) in [4.78, 5) is 15.3. The number of aliphatic imine (C=N–C) groups is 1. The van der Waals surface area contributed by atoms with Crippen molar-refractivity contribution in [2.24, 2.45) is 10.7 Å². The van der Waals surface area contributed by atoms with Gasteiger partial charge in [-0.25, -0.2) is 4.99 Å². The minimum Gasteiger partial charge on any atom is -0.383 e. The number of benzene rings is 1. The Morgan fingerprint density at radius 3 is 2.68 bits per heavy atom. The number of carbonyl (C=O) groups is 1. The van der Waals surface area contributed by atoms with E-state index in [-0.39, 0.29) is 18.4 Å². The molecule has 1 aromatic rings. The SMILES string of the molecule is COCCNC(=O)CN=C(N)Nc1ccc(C)cc1. The zero-order valence-corrected chi connectivity index (χ0v) is 11.3. The topological polar surface area (TPSA) is 88.7 Å². The number of hydrogen-bond acceptors (Lipinski definition) is 3. The first kappa shape index (κ1) is 15.0. The Morgan fingerprint density at radius 2 is 2.05 bits per heavy atom. The van der Waals surface area contributed by atoms with Crippen LogP contribution in [0.5, 0.6) is 0 Å². The van der Waals surface area contributed by atoms with E-state index in [1.165, 1.54) is 5.56 Å². The highest BCUT2D eigenvalue weighted by atomic mass is 16.5. The van der Waals surface area contributed by atoms with E-state index in [0.717, 1.165) is 5.69 Å². The lowest BCUT2D eigenvalue weighted by molar-refractivity contribution is -0.119. The van der Waals surface area contributed by atoms with Crippen LogP contribution in [0.4, 0.5) is 5.69 Å². The van der Waals surface area contributed by atoms with Crippen LogP contribution in [0.25, 0.3) is 0 Å². The van der Waals surface area contributed by atoms with E-state index in [0.29, 0.717) is 13.2 Å². The van der Waals surface area contributed by atoms with Crippen LogP contribution in [0.15, 0.2) is 29.3 Å². The number of amides is 1. The maximum Gasteiger partial charge on any atom is 0.241 e. The normalized spacial score (nSPS) is 11.2. The molecule has 1 rings (SSSR count). The van der Waals surface area contributed by atoms with Crippen LogP contribution in [0.2, 0.25) is 0 Å². The van der Waals surface area contributed by atoms with Crippen molar-refractivity contribution in [2.45, 2.75) is 6.92 Å². The fourth-order valence-corrected chi connectivity index (χ4v) is 1.33. The largest absolute Gasteiger partial charge is 0.383 e. The highest BCUT2D eigenvalue weighted by molar-refractivity contribution is 5.93. The standard InChI is InChI=1S/C13H20N4O2/c1-10-3-5-11(6-4-10)17-13(14)16-9-12(18)15-7-8-19-2/h3-6H,7-9H2,1-2H3,(H,15,18)(H3,14,16,17). The van der Waals surface area contributed by atoms with Gasteiger partial charge in [-0.1, -0.05) is 17.7 Å². The quantitative estimate of drug-likeness (QED) is 0.396. The Kier molecular flexibility index (Phi) is 6.38. The first-order chi connectivity index (χ1) is 9.11. The van der Waals surface area contributed by atoms with Crippen LogP contribution in [-0.4, -0.2) is 38.7 Å². The molecule has 0 saturated carbocycles. The number of aryl methyl sites for hydroxylation is 1. The molecule has 0 aromatic heterocycles. The van der Waals surface area contributed by atoms with Crippen LogP contribution in [0, 0.1) is 6.92 Å². The molecule has 0 radical (unpaired) electrons. The predicted octanol–water partition coefficient (Wildman–Crippen LogP) is 0.484. The molecular weight excluding hydrogens is 244 g/mol. The summed E-state index contributed by atoms with van der Waals surface area (Å²) in [7, 11) is 1.58. The summed E-state index contributed by atoms with van der Waals surface area (Å²) in [6, 6.07) is 7.73. The Labute approximate surface area is 113 Å². The summed E-state index contributed by atoms with van der Waals surface area (Å²) in [5.41, 5.74) is 7.69. The molecule has 1 amide bonds. The van der Waals surface area contributed by atoms with Gasteiger partial charge in [0.2, 0.25) is 5.91 Å². The highest BCUT2D eigenvalue weighted by Crippen LogP contribution is 2.07. The van der Waals surface area contributed by atoms with Gasteiger partial charge in [-0.05, 0) is 19.1 Å². The van der Waals surface area contributed by atoms with Gasteiger partial charge in [0.05, 0.1) is 6.61 Å². The number of anilines is 1. The van der Waals surface area contributed by atoms with Gasteiger partial charge < -0.3 is 21.1 Å². The van der Waals surface area contributed by atoms with Crippen LogP contribution in [0.3, 0.4) is 0 Å². The number of nitrogens with one attached hydrogen (secondary N) is 2. The number of rotatable bonds is 6. The molecule has 19 heavy (non-hydrogen) atoms. The molecule has 0 atom stereocenters. The third kappa shape index (κ3) is 6.42. The summed E-state index contributed by atoms with van der Waals surface area (Å²) < 4.78 is 4.82. The fourth-order valence-electron chi connectivity index (χ4n) is 1.33. The molecule has 0 bridgehead atoms. The molecule has 4 N–H and O–H groups in total. The van der Waals surface area contributed by atoms with Gasteiger partial charge >= 0.3 is 0 Å². The molecule has 0 fully saturated rings. The van der Waals surface area contributed by atoms with Crippen LogP contribution in [-0.2, 0) is 9.53 Å². The van der Waals surface area contributed by atoms with Crippen molar-refractivity contribution in [3.63, 3.8) is 0 Å². The molecule has 0 unspecified atom stereocenters. The third-order valence-electron chi connectivity index (χ3n) is 2.35. The first-order valence-corrected chi connectivity index (χ1v) is 6.01. The van der Waals surface area contributed by atoms with Crippen molar-refractivity contribution in [1.29, 1.82) is 0 Å². The first-order valence-electron chi connectivity index (χ1n) is 6.01. The average molecular weight is 264 g/mol. The molecule has 0 spiro atoms. The minimum atomic E-state index is -0.189. The van der Waals surface area contributed by atoms with Crippen molar-refractivity contribution in [3.8, 4) is 0 Å².